The lowest BCUT2D eigenvalue weighted by Gasteiger charge is -2.10. The molecule has 4 N–H and O–H groups in total. The van der Waals surface area contributed by atoms with E-state index in [1.807, 2.05) is 0 Å². The highest BCUT2D eigenvalue weighted by molar-refractivity contribution is 9.10. The standard InChI is InChI=1S/C14H16Br2N4O4/c1-7(15)11(21)17-19-13(23)9-4-3-5-10(6-9)14(24)20-18-12(22)8(2)16/h3-8H,1-2H3,(H,17,21)(H,18,22)(H,19,23)(H,20,24). The Morgan fingerprint density at radius 3 is 1.50 bits per heavy atom. The smallest absolute Gasteiger partial charge is 0.269 e. The second-order valence-electron chi connectivity index (χ2n) is 4.70. The molecule has 0 radical (unpaired) electrons. The molecule has 0 bridgehead atoms. The Morgan fingerprint density at radius 1 is 0.792 bits per heavy atom. The third-order valence-corrected chi connectivity index (χ3v) is 3.54. The molecule has 0 spiro atoms. The Kier molecular flexibility index (Phi) is 7.86. The van der Waals surface area contributed by atoms with E-state index in [9.17, 15) is 19.2 Å². The quantitative estimate of drug-likeness (QED) is 0.390. The van der Waals surface area contributed by atoms with Gasteiger partial charge in [0.25, 0.3) is 23.6 Å². The molecule has 2 unspecified atom stereocenters. The van der Waals surface area contributed by atoms with Crippen LogP contribution in [0.3, 0.4) is 0 Å². The normalized spacial score (nSPS) is 12.5. The van der Waals surface area contributed by atoms with Crippen molar-refractivity contribution < 1.29 is 19.2 Å². The number of hydrogen-bond acceptors (Lipinski definition) is 4. The molecular weight excluding hydrogens is 448 g/mol. The van der Waals surface area contributed by atoms with Crippen LogP contribution in [0.2, 0.25) is 0 Å². The molecule has 1 rings (SSSR count). The fourth-order valence-corrected chi connectivity index (χ4v) is 1.61. The molecule has 4 amide bonds. The van der Waals surface area contributed by atoms with Gasteiger partial charge in [0.15, 0.2) is 0 Å². The van der Waals surface area contributed by atoms with E-state index in [-0.39, 0.29) is 11.1 Å². The number of alkyl halides is 2. The molecule has 130 valence electrons. The van der Waals surface area contributed by atoms with Crippen LogP contribution in [0.5, 0.6) is 0 Å². The Hall–Kier alpha value is -1.94. The zero-order chi connectivity index (χ0) is 18.3. The number of amides is 4. The van der Waals surface area contributed by atoms with Gasteiger partial charge in [-0.15, -0.1) is 0 Å². The number of halogens is 2. The van der Waals surface area contributed by atoms with Crippen LogP contribution in [0.1, 0.15) is 34.6 Å². The van der Waals surface area contributed by atoms with Gasteiger partial charge in [0, 0.05) is 11.1 Å². The Morgan fingerprint density at radius 2 is 1.17 bits per heavy atom. The number of nitrogens with one attached hydrogen (secondary N) is 4. The van der Waals surface area contributed by atoms with Crippen molar-refractivity contribution >= 4 is 55.5 Å². The molecular formula is C14H16Br2N4O4. The number of hydrazine groups is 2. The first-order chi connectivity index (χ1) is 11.2. The van der Waals surface area contributed by atoms with Gasteiger partial charge in [-0.25, -0.2) is 0 Å². The van der Waals surface area contributed by atoms with Gasteiger partial charge in [-0.05, 0) is 32.0 Å². The maximum absolute atomic E-state index is 12.0. The number of carbonyl (C=O) groups excluding carboxylic acids is 4. The molecule has 1 aromatic carbocycles. The highest BCUT2D eigenvalue weighted by atomic mass is 79.9. The van der Waals surface area contributed by atoms with Crippen LogP contribution in [0.15, 0.2) is 24.3 Å². The van der Waals surface area contributed by atoms with E-state index in [1.54, 1.807) is 13.8 Å². The summed E-state index contributed by atoms with van der Waals surface area (Å²) < 4.78 is 0. The Bertz CT molecular complexity index is 598. The number of rotatable bonds is 4. The van der Waals surface area contributed by atoms with Gasteiger partial charge in [0.2, 0.25) is 0 Å². The van der Waals surface area contributed by atoms with Crippen molar-refractivity contribution in [3.63, 3.8) is 0 Å². The van der Waals surface area contributed by atoms with Crippen LogP contribution >= 0.6 is 31.9 Å². The van der Waals surface area contributed by atoms with Gasteiger partial charge in [-0.1, -0.05) is 37.9 Å². The lowest BCUT2D eigenvalue weighted by molar-refractivity contribution is -0.121. The summed E-state index contributed by atoms with van der Waals surface area (Å²) in [5.41, 5.74) is 9.28. The van der Waals surface area contributed by atoms with Crippen molar-refractivity contribution in [3.05, 3.63) is 35.4 Å². The predicted octanol–water partition coefficient (Wildman–Crippen LogP) is 0.775. The van der Waals surface area contributed by atoms with Crippen LogP contribution in [0.25, 0.3) is 0 Å². The molecule has 0 aromatic heterocycles. The van der Waals surface area contributed by atoms with Gasteiger partial charge in [0.05, 0.1) is 9.65 Å². The Balaban J connectivity index is 2.68. The lowest BCUT2D eigenvalue weighted by Crippen LogP contribution is -2.45. The summed E-state index contributed by atoms with van der Waals surface area (Å²) in [5.74, 6) is -1.98. The number of carbonyl (C=O) groups is 4. The molecule has 0 saturated carbocycles. The molecule has 10 heteroatoms. The van der Waals surface area contributed by atoms with Crippen molar-refractivity contribution in [3.8, 4) is 0 Å². The van der Waals surface area contributed by atoms with Crippen molar-refractivity contribution in [2.45, 2.75) is 23.5 Å². The molecule has 0 aliphatic carbocycles. The average molecular weight is 464 g/mol. The topological polar surface area (TPSA) is 116 Å². The first-order valence-corrected chi connectivity index (χ1v) is 8.64. The summed E-state index contributed by atoms with van der Waals surface area (Å²) in [4.78, 5) is 45.7. The largest absolute Gasteiger partial charge is 0.272 e. The van der Waals surface area contributed by atoms with Crippen LogP contribution < -0.4 is 21.7 Å². The van der Waals surface area contributed by atoms with Gasteiger partial charge in [-0.2, -0.15) is 0 Å². The summed E-state index contributed by atoms with van der Waals surface area (Å²) in [5, 5.41) is 0. The lowest BCUT2D eigenvalue weighted by atomic mass is 10.1. The molecule has 0 aliphatic rings. The highest BCUT2D eigenvalue weighted by Gasteiger charge is 2.14. The van der Waals surface area contributed by atoms with E-state index in [2.05, 4.69) is 53.6 Å². The van der Waals surface area contributed by atoms with E-state index in [4.69, 9.17) is 0 Å². The van der Waals surface area contributed by atoms with E-state index < -0.39 is 33.3 Å². The van der Waals surface area contributed by atoms with Crippen molar-refractivity contribution in [1.82, 2.24) is 21.7 Å². The minimum atomic E-state index is -0.579. The molecule has 8 nitrogen and oxygen atoms in total. The van der Waals surface area contributed by atoms with Gasteiger partial charge in [0.1, 0.15) is 0 Å². The first-order valence-electron chi connectivity index (χ1n) is 6.81. The van der Waals surface area contributed by atoms with E-state index in [0.717, 1.165) is 0 Å². The van der Waals surface area contributed by atoms with E-state index >= 15 is 0 Å². The molecule has 0 saturated heterocycles. The van der Waals surface area contributed by atoms with Crippen LogP contribution in [-0.2, 0) is 9.59 Å². The zero-order valence-electron chi connectivity index (χ0n) is 12.9. The monoisotopic (exact) mass is 462 g/mol. The first kappa shape index (κ1) is 20.1. The van der Waals surface area contributed by atoms with Crippen LogP contribution in [-0.4, -0.2) is 33.3 Å². The third kappa shape index (κ3) is 6.28. The van der Waals surface area contributed by atoms with E-state index in [0.29, 0.717) is 0 Å². The molecule has 24 heavy (non-hydrogen) atoms. The number of benzene rings is 1. The highest BCUT2D eigenvalue weighted by Crippen LogP contribution is 2.05. The zero-order valence-corrected chi connectivity index (χ0v) is 16.0. The van der Waals surface area contributed by atoms with Crippen molar-refractivity contribution in [2.24, 2.45) is 0 Å². The maximum Gasteiger partial charge on any atom is 0.269 e. The van der Waals surface area contributed by atoms with Crippen molar-refractivity contribution in [1.29, 1.82) is 0 Å². The Labute approximate surface area is 155 Å². The van der Waals surface area contributed by atoms with Crippen LogP contribution in [0.4, 0.5) is 0 Å². The second kappa shape index (κ2) is 9.38. The van der Waals surface area contributed by atoms with Crippen molar-refractivity contribution in [2.75, 3.05) is 0 Å². The molecule has 0 aliphatic heterocycles. The summed E-state index contributed by atoms with van der Waals surface area (Å²) >= 11 is 6.12. The van der Waals surface area contributed by atoms with Crippen LogP contribution in [0, 0.1) is 0 Å². The fourth-order valence-electron chi connectivity index (χ4n) is 1.38. The molecule has 1 aromatic rings. The van der Waals surface area contributed by atoms with Gasteiger partial charge >= 0.3 is 0 Å². The summed E-state index contributed by atoms with van der Waals surface area (Å²) in [7, 11) is 0. The minimum Gasteiger partial charge on any atom is -0.272 e. The molecule has 2 atom stereocenters. The fraction of sp³-hybridized carbons (Fsp3) is 0.286. The SMILES string of the molecule is CC(Br)C(=O)NNC(=O)c1cccc(C(=O)NNC(=O)C(C)Br)c1. The molecule has 0 fully saturated rings. The predicted molar refractivity (Wildman–Crippen MR) is 94.4 cm³/mol. The van der Waals surface area contributed by atoms with Gasteiger partial charge in [-0.3, -0.25) is 40.9 Å². The second-order valence-corrected chi connectivity index (χ2v) is 7.45. The third-order valence-electron chi connectivity index (χ3n) is 2.71. The average Bonchev–Trinajstić information content (AvgIpc) is 2.56. The summed E-state index contributed by atoms with van der Waals surface area (Å²) in [6.45, 7) is 3.21. The summed E-state index contributed by atoms with van der Waals surface area (Å²) in [6.07, 6.45) is 0. The minimum absolute atomic E-state index is 0.172. The summed E-state index contributed by atoms with van der Waals surface area (Å²) in [6, 6.07) is 5.80. The maximum atomic E-state index is 12.0. The van der Waals surface area contributed by atoms with Gasteiger partial charge < -0.3 is 0 Å². The molecule has 0 heterocycles. The van der Waals surface area contributed by atoms with E-state index in [1.165, 1.54) is 24.3 Å². The number of hydrogen-bond donors (Lipinski definition) is 4.